The van der Waals surface area contributed by atoms with Gasteiger partial charge < -0.3 is 14.6 Å². The summed E-state index contributed by atoms with van der Waals surface area (Å²) in [6, 6.07) is 0. The van der Waals surface area contributed by atoms with E-state index in [0.29, 0.717) is 6.61 Å². The molecule has 0 aromatic heterocycles. The average molecular weight is 118 g/mol. The van der Waals surface area contributed by atoms with Gasteiger partial charge in [0.05, 0.1) is 12.7 Å². The smallest absolute Gasteiger partial charge is 0.269 e. The first kappa shape index (κ1) is 6.01. The Hall–Kier alpha value is -0.120. The number of ether oxygens (including phenoxy) is 2. The summed E-state index contributed by atoms with van der Waals surface area (Å²) in [6.45, 7) is 1.55. The predicted molar refractivity (Wildman–Crippen MR) is 27.1 cm³/mol. The summed E-state index contributed by atoms with van der Waals surface area (Å²) >= 11 is 0. The van der Waals surface area contributed by atoms with E-state index in [2.05, 4.69) is 4.74 Å². The van der Waals surface area contributed by atoms with Crippen LogP contribution in [0.4, 0.5) is 0 Å². The van der Waals surface area contributed by atoms with Crippen molar-refractivity contribution in [2.75, 3.05) is 6.61 Å². The maximum atomic E-state index is 8.59. The number of hydrogen-bond acceptors (Lipinski definition) is 3. The second-order valence-corrected chi connectivity index (χ2v) is 1.81. The summed E-state index contributed by atoms with van der Waals surface area (Å²) in [4.78, 5) is 0. The molecule has 1 N–H and O–H groups in total. The van der Waals surface area contributed by atoms with Crippen LogP contribution < -0.4 is 0 Å². The normalized spacial score (nSPS) is 38.2. The zero-order valence-electron chi connectivity index (χ0n) is 4.83. The third kappa shape index (κ3) is 1.18. The highest BCUT2D eigenvalue weighted by Crippen LogP contribution is 2.10. The molecule has 1 rings (SSSR count). The summed E-state index contributed by atoms with van der Waals surface area (Å²) in [5, 5.41) is 8.59. The first-order valence-corrected chi connectivity index (χ1v) is 2.78. The Morgan fingerprint density at radius 1 is 1.75 bits per heavy atom. The van der Waals surface area contributed by atoms with E-state index < -0.39 is 6.48 Å². The summed E-state index contributed by atoms with van der Waals surface area (Å²) in [7, 11) is 0. The summed E-state index contributed by atoms with van der Waals surface area (Å²) in [5.41, 5.74) is 0. The summed E-state index contributed by atoms with van der Waals surface area (Å²) in [5.74, 6) is 0. The molecule has 1 aliphatic heterocycles. The van der Waals surface area contributed by atoms with Gasteiger partial charge in [-0.2, -0.15) is 0 Å². The molecule has 1 aliphatic rings. The Balaban J connectivity index is 2.22. The maximum Gasteiger partial charge on any atom is 0.269 e. The Labute approximate surface area is 48.2 Å². The zero-order chi connectivity index (χ0) is 5.98. The molecule has 0 aliphatic carbocycles. The van der Waals surface area contributed by atoms with Crippen molar-refractivity contribution in [2.45, 2.75) is 25.9 Å². The van der Waals surface area contributed by atoms with E-state index >= 15 is 0 Å². The van der Waals surface area contributed by atoms with Gasteiger partial charge in [0.15, 0.2) is 0 Å². The molecule has 0 saturated carbocycles. The Kier molecular flexibility index (Phi) is 1.83. The fraction of sp³-hybridized carbons (Fsp3) is 1.00. The third-order valence-corrected chi connectivity index (χ3v) is 1.19. The lowest BCUT2D eigenvalue weighted by molar-refractivity contribution is -0.204. The minimum Gasteiger partial charge on any atom is -0.346 e. The van der Waals surface area contributed by atoms with Crippen molar-refractivity contribution in [3.8, 4) is 0 Å². The van der Waals surface area contributed by atoms with Gasteiger partial charge in [0.1, 0.15) is 0 Å². The minimum atomic E-state index is -0.972. The molecule has 0 radical (unpaired) electrons. The Morgan fingerprint density at radius 2 is 2.50 bits per heavy atom. The third-order valence-electron chi connectivity index (χ3n) is 1.19. The van der Waals surface area contributed by atoms with Crippen LogP contribution in [0.15, 0.2) is 0 Å². The summed E-state index contributed by atoms with van der Waals surface area (Å²) in [6.07, 6.45) is 1.00. The van der Waals surface area contributed by atoms with Crippen LogP contribution in [-0.4, -0.2) is 24.3 Å². The molecule has 1 unspecified atom stereocenters. The average Bonchev–Trinajstić information content (AvgIpc) is 2.14. The molecule has 48 valence electrons. The lowest BCUT2D eigenvalue weighted by Crippen LogP contribution is -2.09. The van der Waals surface area contributed by atoms with E-state index in [1.54, 1.807) is 0 Å². The molecular weight excluding hydrogens is 108 g/mol. The van der Waals surface area contributed by atoms with Crippen LogP contribution in [-0.2, 0) is 9.47 Å². The Bertz CT molecular complexity index is 74.1. The molecule has 3 heteroatoms. The molecule has 0 amide bonds. The van der Waals surface area contributed by atoms with Gasteiger partial charge in [-0.25, -0.2) is 0 Å². The van der Waals surface area contributed by atoms with E-state index in [9.17, 15) is 0 Å². The van der Waals surface area contributed by atoms with Crippen molar-refractivity contribution in [3.05, 3.63) is 0 Å². The highest BCUT2D eigenvalue weighted by atomic mass is 16.8. The number of rotatable bonds is 1. The van der Waals surface area contributed by atoms with Crippen LogP contribution in [0, 0.1) is 0 Å². The van der Waals surface area contributed by atoms with E-state index in [4.69, 9.17) is 9.84 Å². The predicted octanol–water partition coefficient (Wildman–Crippen LogP) is 0.0877. The quantitative estimate of drug-likeness (QED) is 0.530. The maximum absolute atomic E-state index is 8.59. The standard InChI is InChI=1S/C5H10O3/c1-2-4-3-7-5(6)8-4/h4-6H,2-3H2,1H3/t4?,5-/m0/s1. The fourth-order valence-electron chi connectivity index (χ4n) is 0.647. The fourth-order valence-corrected chi connectivity index (χ4v) is 0.647. The summed E-state index contributed by atoms with van der Waals surface area (Å²) < 4.78 is 9.53. The van der Waals surface area contributed by atoms with Crippen molar-refractivity contribution >= 4 is 0 Å². The largest absolute Gasteiger partial charge is 0.346 e. The van der Waals surface area contributed by atoms with Crippen molar-refractivity contribution in [1.29, 1.82) is 0 Å². The molecule has 0 spiro atoms. The number of aliphatic hydroxyl groups is 1. The van der Waals surface area contributed by atoms with Crippen molar-refractivity contribution < 1.29 is 14.6 Å². The highest BCUT2D eigenvalue weighted by molar-refractivity contribution is 4.56. The van der Waals surface area contributed by atoms with Crippen LogP contribution >= 0.6 is 0 Å². The van der Waals surface area contributed by atoms with E-state index in [1.165, 1.54) is 0 Å². The molecule has 3 nitrogen and oxygen atoms in total. The molecule has 8 heavy (non-hydrogen) atoms. The monoisotopic (exact) mass is 118 g/mol. The molecule has 1 heterocycles. The molecular formula is C5H10O3. The highest BCUT2D eigenvalue weighted by Gasteiger charge is 2.21. The van der Waals surface area contributed by atoms with Crippen LogP contribution in [0.1, 0.15) is 13.3 Å². The van der Waals surface area contributed by atoms with Gasteiger partial charge in [0.2, 0.25) is 0 Å². The van der Waals surface area contributed by atoms with Crippen LogP contribution in [0.2, 0.25) is 0 Å². The topological polar surface area (TPSA) is 38.7 Å². The molecule has 1 fully saturated rings. The lowest BCUT2D eigenvalue weighted by atomic mass is 10.3. The molecule has 0 aromatic carbocycles. The van der Waals surface area contributed by atoms with Gasteiger partial charge in [0.25, 0.3) is 6.48 Å². The molecule has 1 saturated heterocycles. The van der Waals surface area contributed by atoms with Crippen molar-refractivity contribution in [3.63, 3.8) is 0 Å². The number of aliphatic hydroxyl groups excluding tert-OH is 1. The molecule has 0 bridgehead atoms. The van der Waals surface area contributed by atoms with Crippen molar-refractivity contribution in [1.82, 2.24) is 0 Å². The Morgan fingerprint density at radius 3 is 2.75 bits per heavy atom. The van der Waals surface area contributed by atoms with E-state index in [1.807, 2.05) is 6.92 Å². The van der Waals surface area contributed by atoms with Crippen LogP contribution in [0.25, 0.3) is 0 Å². The van der Waals surface area contributed by atoms with Gasteiger partial charge in [-0.3, -0.25) is 0 Å². The second kappa shape index (κ2) is 2.44. The van der Waals surface area contributed by atoms with E-state index in [-0.39, 0.29) is 6.10 Å². The molecule has 0 aromatic rings. The van der Waals surface area contributed by atoms with Crippen molar-refractivity contribution in [2.24, 2.45) is 0 Å². The number of hydrogen-bond donors (Lipinski definition) is 1. The first-order valence-electron chi connectivity index (χ1n) is 2.78. The second-order valence-electron chi connectivity index (χ2n) is 1.81. The van der Waals surface area contributed by atoms with Gasteiger partial charge >= 0.3 is 0 Å². The van der Waals surface area contributed by atoms with Crippen LogP contribution in [0.5, 0.6) is 0 Å². The van der Waals surface area contributed by atoms with Gasteiger partial charge in [-0.1, -0.05) is 6.92 Å². The minimum absolute atomic E-state index is 0.102. The zero-order valence-corrected chi connectivity index (χ0v) is 4.83. The molecule has 2 atom stereocenters. The SMILES string of the molecule is CCC1CO[C@H](O)O1. The van der Waals surface area contributed by atoms with Gasteiger partial charge in [-0.05, 0) is 6.42 Å². The van der Waals surface area contributed by atoms with Crippen LogP contribution in [0.3, 0.4) is 0 Å². The first-order chi connectivity index (χ1) is 3.83. The lowest BCUT2D eigenvalue weighted by Gasteiger charge is -2.01. The van der Waals surface area contributed by atoms with Gasteiger partial charge in [0, 0.05) is 0 Å². The van der Waals surface area contributed by atoms with E-state index in [0.717, 1.165) is 6.42 Å². The van der Waals surface area contributed by atoms with Gasteiger partial charge in [-0.15, -0.1) is 0 Å².